The first-order valence-electron chi connectivity index (χ1n) is 6.39. The fourth-order valence-electron chi connectivity index (χ4n) is 2.54. The summed E-state index contributed by atoms with van der Waals surface area (Å²) in [6, 6.07) is 4.65. The maximum absolute atomic E-state index is 13.2. The molecule has 4 nitrogen and oxygen atoms in total. The van der Waals surface area contributed by atoms with Crippen LogP contribution in [0.5, 0.6) is 0 Å². The summed E-state index contributed by atoms with van der Waals surface area (Å²) in [5, 5.41) is 4.24. The summed E-state index contributed by atoms with van der Waals surface area (Å²) in [5.41, 5.74) is 3.96. The SMILES string of the molecule is Cc1nn(C)c(C)c1C(NN)c1ccccc1C(F)(F)F. The van der Waals surface area contributed by atoms with E-state index in [1.165, 1.54) is 12.1 Å². The second-order valence-corrected chi connectivity index (χ2v) is 4.89. The molecule has 7 heteroatoms. The topological polar surface area (TPSA) is 55.9 Å². The molecule has 0 aliphatic rings. The van der Waals surface area contributed by atoms with E-state index in [0.29, 0.717) is 11.3 Å². The Labute approximate surface area is 120 Å². The number of hydrazine groups is 1. The Morgan fingerprint density at radius 1 is 1.24 bits per heavy atom. The van der Waals surface area contributed by atoms with Gasteiger partial charge in [-0.1, -0.05) is 18.2 Å². The Balaban J connectivity index is 2.63. The molecule has 0 amide bonds. The third kappa shape index (κ3) is 2.79. The predicted octanol–water partition coefficient (Wildman–Crippen LogP) is 2.61. The molecule has 0 saturated carbocycles. The van der Waals surface area contributed by atoms with Crippen molar-refractivity contribution in [1.82, 2.24) is 15.2 Å². The number of hydrogen-bond donors (Lipinski definition) is 2. The van der Waals surface area contributed by atoms with Crippen molar-refractivity contribution in [1.29, 1.82) is 0 Å². The lowest BCUT2D eigenvalue weighted by molar-refractivity contribution is -0.138. The number of nitrogens with one attached hydrogen (secondary N) is 1. The smallest absolute Gasteiger partial charge is 0.272 e. The van der Waals surface area contributed by atoms with Gasteiger partial charge in [-0.2, -0.15) is 18.3 Å². The van der Waals surface area contributed by atoms with Crippen LogP contribution in [0.1, 0.15) is 34.1 Å². The minimum atomic E-state index is -4.43. The van der Waals surface area contributed by atoms with Crippen LogP contribution in [0.2, 0.25) is 0 Å². The molecule has 0 aliphatic carbocycles. The second-order valence-electron chi connectivity index (χ2n) is 4.89. The third-order valence-corrected chi connectivity index (χ3v) is 3.60. The van der Waals surface area contributed by atoms with Gasteiger partial charge in [0.2, 0.25) is 0 Å². The molecular formula is C14H17F3N4. The monoisotopic (exact) mass is 298 g/mol. The third-order valence-electron chi connectivity index (χ3n) is 3.60. The predicted molar refractivity (Wildman–Crippen MR) is 73.3 cm³/mol. The van der Waals surface area contributed by atoms with Gasteiger partial charge < -0.3 is 0 Å². The fourth-order valence-corrected chi connectivity index (χ4v) is 2.54. The molecule has 21 heavy (non-hydrogen) atoms. The van der Waals surface area contributed by atoms with E-state index < -0.39 is 17.8 Å². The summed E-state index contributed by atoms with van der Waals surface area (Å²) in [6.07, 6.45) is -4.43. The molecule has 1 heterocycles. The van der Waals surface area contributed by atoms with Crippen molar-refractivity contribution in [3.8, 4) is 0 Å². The van der Waals surface area contributed by atoms with Crippen LogP contribution in [-0.4, -0.2) is 9.78 Å². The highest BCUT2D eigenvalue weighted by Crippen LogP contribution is 2.37. The van der Waals surface area contributed by atoms with Crippen LogP contribution in [-0.2, 0) is 13.2 Å². The maximum Gasteiger partial charge on any atom is 0.416 e. The summed E-state index contributed by atoms with van der Waals surface area (Å²) in [4.78, 5) is 0. The van der Waals surface area contributed by atoms with Gasteiger partial charge in [-0.15, -0.1) is 0 Å². The summed E-state index contributed by atoms with van der Waals surface area (Å²) < 4.78 is 41.2. The molecule has 0 bridgehead atoms. The number of alkyl halides is 3. The number of hydrogen-bond acceptors (Lipinski definition) is 3. The number of halogens is 3. The summed E-state index contributed by atoms with van der Waals surface area (Å²) >= 11 is 0. The molecule has 114 valence electrons. The first-order valence-corrected chi connectivity index (χ1v) is 6.39. The lowest BCUT2D eigenvalue weighted by Crippen LogP contribution is -2.31. The van der Waals surface area contributed by atoms with E-state index in [2.05, 4.69) is 10.5 Å². The first-order chi connectivity index (χ1) is 9.77. The zero-order valence-electron chi connectivity index (χ0n) is 12.0. The van der Waals surface area contributed by atoms with Gasteiger partial charge in [0, 0.05) is 18.3 Å². The van der Waals surface area contributed by atoms with Crippen molar-refractivity contribution in [2.75, 3.05) is 0 Å². The molecule has 0 radical (unpaired) electrons. The van der Waals surface area contributed by atoms with E-state index >= 15 is 0 Å². The second kappa shape index (κ2) is 5.50. The molecular weight excluding hydrogens is 281 g/mol. The van der Waals surface area contributed by atoms with Gasteiger partial charge in [-0.25, -0.2) is 5.43 Å². The highest BCUT2D eigenvalue weighted by molar-refractivity contribution is 5.42. The van der Waals surface area contributed by atoms with E-state index in [1.54, 1.807) is 31.6 Å². The summed E-state index contributed by atoms with van der Waals surface area (Å²) in [7, 11) is 1.75. The van der Waals surface area contributed by atoms with Crippen molar-refractivity contribution >= 4 is 0 Å². The summed E-state index contributed by atoms with van der Waals surface area (Å²) in [6.45, 7) is 3.55. The van der Waals surface area contributed by atoms with Gasteiger partial charge >= 0.3 is 6.18 Å². The lowest BCUT2D eigenvalue weighted by Gasteiger charge is -2.21. The van der Waals surface area contributed by atoms with Crippen LogP contribution in [0, 0.1) is 13.8 Å². The van der Waals surface area contributed by atoms with E-state index in [-0.39, 0.29) is 5.56 Å². The molecule has 1 aromatic carbocycles. The lowest BCUT2D eigenvalue weighted by atomic mass is 9.93. The average Bonchev–Trinajstić information content (AvgIpc) is 2.66. The van der Waals surface area contributed by atoms with E-state index in [1.807, 2.05) is 0 Å². The Morgan fingerprint density at radius 2 is 1.86 bits per heavy atom. The molecule has 0 spiro atoms. The van der Waals surface area contributed by atoms with Crippen LogP contribution in [0.25, 0.3) is 0 Å². The standard InChI is InChI=1S/C14H17F3N4/c1-8-12(9(2)21(3)20-8)13(19-18)10-6-4-5-7-11(10)14(15,16)17/h4-7,13,19H,18H2,1-3H3. The minimum Gasteiger partial charge on any atom is -0.272 e. The van der Waals surface area contributed by atoms with E-state index in [9.17, 15) is 13.2 Å². The van der Waals surface area contributed by atoms with Crippen LogP contribution in [0.3, 0.4) is 0 Å². The molecule has 2 rings (SSSR count). The zero-order chi connectivity index (χ0) is 15.8. The number of rotatable bonds is 3. The first kappa shape index (κ1) is 15.5. The normalized spacial score (nSPS) is 13.5. The molecule has 0 aliphatic heterocycles. The van der Waals surface area contributed by atoms with Gasteiger partial charge in [0.15, 0.2) is 0 Å². The maximum atomic E-state index is 13.2. The van der Waals surface area contributed by atoms with Gasteiger partial charge in [-0.05, 0) is 25.5 Å². The zero-order valence-corrected chi connectivity index (χ0v) is 12.0. The van der Waals surface area contributed by atoms with Crippen LogP contribution >= 0.6 is 0 Å². The Hall–Kier alpha value is -1.86. The highest BCUT2D eigenvalue weighted by atomic mass is 19.4. The van der Waals surface area contributed by atoms with Crippen molar-refractivity contribution in [2.45, 2.75) is 26.1 Å². The van der Waals surface area contributed by atoms with Gasteiger partial charge in [-0.3, -0.25) is 10.5 Å². The Kier molecular flexibility index (Phi) is 4.06. The van der Waals surface area contributed by atoms with Crippen LogP contribution < -0.4 is 11.3 Å². The van der Waals surface area contributed by atoms with Crippen molar-refractivity contribution in [3.05, 3.63) is 52.3 Å². The van der Waals surface area contributed by atoms with Gasteiger partial charge in [0.25, 0.3) is 0 Å². The number of benzene rings is 1. The van der Waals surface area contributed by atoms with Crippen molar-refractivity contribution in [2.24, 2.45) is 12.9 Å². The van der Waals surface area contributed by atoms with Crippen LogP contribution in [0.4, 0.5) is 13.2 Å². The average molecular weight is 298 g/mol. The van der Waals surface area contributed by atoms with Crippen molar-refractivity contribution in [3.63, 3.8) is 0 Å². The number of nitrogens with zero attached hydrogens (tertiary/aromatic N) is 2. The molecule has 0 fully saturated rings. The highest BCUT2D eigenvalue weighted by Gasteiger charge is 2.36. The molecule has 1 unspecified atom stereocenters. The van der Waals surface area contributed by atoms with E-state index in [4.69, 9.17) is 5.84 Å². The number of aryl methyl sites for hydroxylation is 2. The molecule has 0 saturated heterocycles. The summed E-state index contributed by atoms with van der Waals surface area (Å²) in [5.74, 6) is 5.54. The number of aromatic nitrogens is 2. The minimum absolute atomic E-state index is 0.0895. The number of nitrogens with two attached hydrogens (primary N) is 1. The largest absolute Gasteiger partial charge is 0.416 e. The van der Waals surface area contributed by atoms with Gasteiger partial charge in [0.1, 0.15) is 0 Å². The molecule has 1 aromatic heterocycles. The quantitative estimate of drug-likeness (QED) is 0.676. The molecule has 1 atom stereocenters. The Morgan fingerprint density at radius 3 is 2.33 bits per heavy atom. The molecule has 2 aromatic rings. The molecule has 3 N–H and O–H groups in total. The van der Waals surface area contributed by atoms with Gasteiger partial charge in [0.05, 0.1) is 17.3 Å². The van der Waals surface area contributed by atoms with Crippen molar-refractivity contribution < 1.29 is 13.2 Å². The van der Waals surface area contributed by atoms with E-state index in [0.717, 1.165) is 11.8 Å². The van der Waals surface area contributed by atoms with Crippen LogP contribution in [0.15, 0.2) is 24.3 Å². The fraction of sp³-hybridized carbons (Fsp3) is 0.357. The Bertz CT molecular complexity index is 646.